The van der Waals surface area contributed by atoms with Crippen LogP contribution in [-0.4, -0.2) is 36.8 Å². The first-order chi connectivity index (χ1) is 9.31. The van der Waals surface area contributed by atoms with E-state index in [0.717, 1.165) is 10.5 Å². The predicted octanol–water partition coefficient (Wildman–Crippen LogP) is 1.43. The first kappa shape index (κ1) is 14.2. The van der Waals surface area contributed by atoms with Crippen LogP contribution in [0.15, 0.2) is 18.2 Å². The Morgan fingerprint density at radius 2 is 2.00 bits per heavy atom. The van der Waals surface area contributed by atoms with Crippen molar-refractivity contribution in [3.05, 3.63) is 34.9 Å². The second-order valence-electron chi connectivity index (χ2n) is 5.30. The second kappa shape index (κ2) is 4.74. The fourth-order valence-corrected chi connectivity index (χ4v) is 2.61. The van der Waals surface area contributed by atoms with Gasteiger partial charge in [0.05, 0.1) is 18.9 Å². The molecule has 0 saturated carbocycles. The summed E-state index contributed by atoms with van der Waals surface area (Å²) in [5, 5.41) is 0. The van der Waals surface area contributed by atoms with Gasteiger partial charge in [-0.1, -0.05) is 17.7 Å². The second-order valence-corrected chi connectivity index (χ2v) is 5.30. The van der Waals surface area contributed by atoms with Gasteiger partial charge in [0.15, 0.2) is 0 Å². The zero-order valence-corrected chi connectivity index (χ0v) is 12.0. The lowest BCUT2D eigenvalue weighted by molar-refractivity contribution is -0.147. The van der Waals surface area contributed by atoms with Crippen LogP contribution in [-0.2, 0) is 19.7 Å². The van der Waals surface area contributed by atoms with Gasteiger partial charge in [0, 0.05) is 12.6 Å². The maximum atomic E-state index is 12.5. The molecule has 2 amide bonds. The highest BCUT2D eigenvalue weighted by atomic mass is 16.5. The summed E-state index contributed by atoms with van der Waals surface area (Å²) in [5.41, 5.74) is 0.916. The van der Waals surface area contributed by atoms with Crippen LogP contribution >= 0.6 is 0 Å². The number of hydrogen-bond donors (Lipinski definition) is 0. The quantitative estimate of drug-likeness (QED) is 0.605. The molecule has 5 heteroatoms. The van der Waals surface area contributed by atoms with Gasteiger partial charge in [0.1, 0.15) is 0 Å². The Morgan fingerprint density at radius 3 is 2.60 bits per heavy atom. The zero-order valence-electron chi connectivity index (χ0n) is 12.0. The van der Waals surface area contributed by atoms with Crippen LogP contribution in [0.1, 0.15) is 34.8 Å². The molecule has 0 fully saturated rings. The summed E-state index contributed by atoms with van der Waals surface area (Å²) in [5.74, 6) is -1.20. The highest BCUT2D eigenvalue weighted by Gasteiger charge is 2.47. The van der Waals surface area contributed by atoms with E-state index < -0.39 is 11.4 Å². The molecule has 1 aliphatic rings. The smallest absolute Gasteiger partial charge is 0.306 e. The van der Waals surface area contributed by atoms with Gasteiger partial charge in [-0.05, 0) is 25.5 Å². The Kier molecular flexibility index (Phi) is 3.38. The van der Waals surface area contributed by atoms with Crippen molar-refractivity contribution in [1.82, 2.24) is 4.90 Å². The van der Waals surface area contributed by atoms with E-state index >= 15 is 0 Å². The molecular formula is C15H17NO4. The van der Waals surface area contributed by atoms with E-state index in [4.69, 9.17) is 0 Å². The van der Waals surface area contributed by atoms with Gasteiger partial charge in [-0.25, -0.2) is 0 Å². The van der Waals surface area contributed by atoms with Crippen molar-refractivity contribution in [2.45, 2.75) is 25.7 Å². The first-order valence-corrected chi connectivity index (χ1v) is 6.31. The molecule has 0 aromatic heterocycles. The Hall–Kier alpha value is -2.17. The number of benzene rings is 1. The summed E-state index contributed by atoms with van der Waals surface area (Å²) in [7, 11) is 2.72. The van der Waals surface area contributed by atoms with Crippen LogP contribution in [0.25, 0.3) is 0 Å². The number of amides is 2. The molecule has 1 aromatic carbocycles. The Labute approximate surface area is 117 Å². The third kappa shape index (κ3) is 1.99. The molecule has 0 bridgehead atoms. The van der Waals surface area contributed by atoms with E-state index in [9.17, 15) is 14.4 Å². The Balaban J connectivity index is 2.63. The van der Waals surface area contributed by atoms with E-state index in [-0.39, 0.29) is 18.2 Å². The van der Waals surface area contributed by atoms with Crippen LogP contribution in [0.3, 0.4) is 0 Å². The average Bonchev–Trinajstić information content (AvgIpc) is 2.43. The van der Waals surface area contributed by atoms with E-state index in [1.54, 1.807) is 19.1 Å². The lowest BCUT2D eigenvalue weighted by atomic mass is 9.73. The number of rotatable bonds is 2. The van der Waals surface area contributed by atoms with Crippen molar-refractivity contribution >= 4 is 17.8 Å². The van der Waals surface area contributed by atoms with Gasteiger partial charge < -0.3 is 4.74 Å². The van der Waals surface area contributed by atoms with E-state index in [0.29, 0.717) is 11.1 Å². The number of hydrogen-bond acceptors (Lipinski definition) is 4. The van der Waals surface area contributed by atoms with Crippen LogP contribution in [0.5, 0.6) is 0 Å². The van der Waals surface area contributed by atoms with Gasteiger partial charge in [0.2, 0.25) is 5.91 Å². The molecule has 5 nitrogen and oxygen atoms in total. The molecule has 1 atom stereocenters. The maximum Gasteiger partial charge on any atom is 0.306 e. The summed E-state index contributed by atoms with van der Waals surface area (Å²) in [6.07, 6.45) is -0.0873. The Morgan fingerprint density at radius 1 is 1.35 bits per heavy atom. The van der Waals surface area contributed by atoms with Crippen LogP contribution in [0, 0.1) is 6.92 Å². The number of aryl methyl sites for hydroxylation is 1. The lowest BCUT2D eigenvalue weighted by Crippen LogP contribution is -2.52. The number of carbonyl (C=O) groups is 3. The minimum atomic E-state index is -1.07. The zero-order chi connectivity index (χ0) is 15.1. The summed E-state index contributed by atoms with van der Waals surface area (Å²) in [6.45, 7) is 3.55. The van der Waals surface area contributed by atoms with Gasteiger partial charge in [0.25, 0.3) is 5.91 Å². The highest BCUT2D eigenvalue weighted by Crippen LogP contribution is 2.37. The maximum absolute atomic E-state index is 12.5. The minimum Gasteiger partial charge on any atom is -0.469 e. The third-order valence-electron chi connectivity index (χ3n) is 3.81. The molecule has 2 rings (SSSR count). The SMILES string of the molecule is COC(=O)CC1(C)C(=O)N(C)C(=O)c2cc(C)ccc21. The van der Waals surface area contributed by atoms with Crippen molar-refractivity contribution in [2.24, 2.45) is 0 Å². The molecule has 0 saturated heterocycles. The lowest BCUT2D eigenvalue weighted by Gasteiger charge is -2.37. The van der Waals surface area contributed by atoms with Crippen molar-refractivity contribution < 1.29 is 19.1 Å². The van der Waals surface area contributed by atoms with Crippen molar-refractivity contribution in [3.8, 4) is 0 Å². The number of imide groups is 1. The summed E-state index contributed by atoms with van der Waals surface area (Å²) in [6, 6.07) is 5.33. The fourth-order valence-electron chi connectivity index (χ4n) is 2.61. The topological polar surface area (TPSA) is 63.7 Å². The normalized spacial score (nSPS) is 21.7. The number of ether oxygens (including phenoxy) is 1. The predicted molar refractivity (Wildman–Crippen MR) is 72.3 cm³/mol. The number of fused-ring (bicyclic) bond motifs is 1. The molecule has 0 N–H and O–H groups in total. The molecule has 0 spiro atoms. The van der Waals surface area contributed by atoms with Gasteiger partial charge in [-0.2, -0.15) is 0 Å². The molecule has 106 valence electrons. The molecule has 0 radical (unpaired) electrons. The molecule has 20 heavy (non-hydrogen) atoms. The fraction of sp³-hybridized carbons (Fsp3) is 0.400. The number of nitrogens with zero attached hydrogens (tertiary/aromatic N) is 1. The average molecular weight is 275 g/mol. The van der Waals surface area contributed by atoms with Gasteiger partial charge >= 0.3 is 5.97 Å². The largest absolute Gasteiger partial charge is 0.469 e. The number of carbonyl (C=O) groups excluding carboxylic acids is 3. The molecule has 1 unspecified atom stereocenters. The molecule has 1 heterocycles. The van der Waals surface area contributed by atoms with E-state index in [1.807, 2.05) is 13.0 Å². The molecular weight excluding hydrogens is 258 g/mol. The number of likely N-dealkylation sites (N-methyl/N-ethyl adjacent to an activating group) is 1. The standard InChI is InChI=1S/C15H17NO4/c1-9-5-6-11-10(7-9)13(18)16(3)14(19)15(11,2)8-12(17)20-4/h5-7H,8H2,1-4H3. The summed E-state index contributed by atoms with van der Waals surface area (Å²) >= 11 is 0. The highest BCUT2D eigenvalue weighted by molar-refractivity contribution is 6.13. The van der Waals surface area contributed by atoms with Crippen molar-refractivity contribution in [2.75, 3.05) is 14.2 Å². The summed E-state index contributed by atoms with van der Waals surface area (Å²) in [4.78, 5) is 37.4. The Bertz CT molecular complexity index is 608. The molecule has 1 aromatic rings. The van der Waals surface area contributed by atoms with Crippen LogP contribution in [0.4, 0.5) is 0 Å². The van der Waals surface area contributed by atoms with Gasteiger partial charge in [-0.3, -0.25) is 19.3 Å². The van der Waals surface area contributed by atoms with Crippen molar-refractivity contribution in [3.63, 3.8) is 0 Å². The molecule has 0 aliphatic carbocycles. The van der Waals surface area contributed by atoms with E-state index in [1.165, 1.54) is 14.2 Å². The third-order valence-corrected chi connectivity index (χ3v) is 3.81. The van der Waals surface area contributed by atoms with Crippen LogP contribution in [0.2, 0.25) is 0 Å². The minimum absolute atomic E-state index is 0.0873. The van der Waals surface area contributed by atoms with E-state index in [2.05, 4.69) is 4.74 Å². The number of methoxy groups -OCH3 is 1. The monoisotopic (exact) mass is 275 g/mol. The molecule has 1 aliphatic heterocycles. The summed E-state index contributed by atoms with van der Waals surface area (Å²) < 4.78 is 4.67. The van der Waals surface area contributed by atoms with Gasteiger partial charge in [-0.15, -0.1) is 0 Å². The first-order valence-electron chi connectivity index (χ1n) is 6.31. The number of esters is 1. The van der Waals surface area contributed by atoms with Crippen LogP contribution < -0.4 is 0 Å². The van der Waals surface area contributed by atoms with Crippen molar-refractivity contribution in [1.29, 1.82) is 0 Å².